The molecule has 1 aliphatic rings. The maximum absolute atomic E-state index is 12.6. The Morgan fingerprint density at radius 3 is 2.25 bits per heavy atom. The van der Waals surface area contributed by atoms with Crippen LogP contribution >= 0.6 is 0 Å². The highest BCUT2D eigenvalue weighted by molar-refractivity contribution is 7.89. The van der Waals surface area contributed by atoms with Gasteiger partial charge in [0.15, 0.2) is 6.61 Å². The summed E-state index contributed by atoms with van der Waals surface area (Å²) in [6, 6.07) is 5.75. The highest BCUT2D eigenvalue weighted by Crippen LogP contribution is 2.17. The quantitative estimate of drug-likeness (QED) is 0.645. The standard InChI is InChI=1S/C20H30N2O5S/c1-3-22(4-2)28(25,26)18-12-10-11-17(15-18)20(24)27-16-19(23)21-13-8-6-5-7-9-14-21/h10-12,15H,3-9,13-14,16H2,1-2H3. The van der Waals surface area contributed by atoms with Crippen molar-refractivity contribution in [3.8, 4) is 0 Å². The van der Waals surface area contributed by atoms with Gasteiger partial charge < -0.3 is 9.64 Å². The summed E-state index contributed by atoms with van der Waals surface area (Å²) < 4.78 is 31.7. The number of likely N-dealkylation sites (tertiary alicyclic amines) is 1. The highest BCUT2D eigenvalue weighted by atomic mass is 32.2. The molecule has 0 aliphatic carbocycles. The van der Waals surface area contributed by atoms with E-state index < -0.39 is 16.0 Å². The Morgan fingerprint density at radius 1 is 1.04 bits per heavy atom. The summed E-state index contributed by atoms with van der Waals surface area (Å²) in [6.45, 7) is 5.26. The molecule has 0 N–H and O–H groups in total. The average Bonchev–Trinajstić information content (AvgIpc) is 2.66. The second kappa shape index (κ2) is 10.6. The molecule has 156 valence electrons. The molecule has 0 unspecified atom stereocenters. The molecule has 0 bridgehead atoms. The number of carbonyl (C=O) groups excluding carboxylic acids is 2. The molecule has 1 aromatic carbocycles. The van der Waals surface area contributed by atoms with E-state index in [1.807, 2.05) is 0 Å². The lowest BCUT2D eigenvalue weighted by molar-refractivity contribution is -0.134. The zero-order valence-electron chi connectivity index (χ0n) is 16.7. The van der Waals surface area contributed by atoms with Crippen LogP contribution in [0.3, 0.4) is 0 Å². The van der Waals surface area contributed by atoms with E-state index in [1.165, 1.54) is 35.0 Å². The molecule has 1 saturated heterocycles. The number of sulfonamides is 1. The number of carbonyl (C=O) groups is 2. The summed E-state index contributed by atoms with van der Waals surface area (Å²) in [6.07, 6.45) is 5.34. The first-order valence-corrected chi connectivity index (χ1v) is 11.4. The van der Waals surface area contributed by atoms with Gasteiger partial charge in [0, 0.05) is 26.2 Å². The monoisotopic (exact) mass is 410 g/mol. The Morgan fingerprint density at radius 2 is 1.64 bits per heavy atom. The van der Waals surface area contributed by atoms with Gasteiger partial charge in [-0.15, -0.1) is 0 Å². The van der Waals surface area contributed by atoms with E-state index in [4.69, 9.17) is 4.74 Å². The second-order valence-electron chi connectivity index (χ2n) is 6.84. The van der Waals surface area contributed by atoms with Crippen LogP contribution in [-0.2, 0) is 19.6 Å². The maximum Gasteiger partial charge on any atom is 0.338 e. The normalized spacial score (nSPS) is 15.8. The Hall–Kier alpha value is -1.93. The average molecular weight is 411 g/mol. The zero-order valence-corrected chi connectivity index (χ0v) is 17.5. The molecular formula is C20H30N2O5S. The van der Waals surface area contributed by atoms with Crippen molar-refractivity contribution in [2.45, 2.75) is 50.8 Å². The largest absolute Gasteiger partial charge is 0.452 e. The van der Waals surface area contributed by atoms with Gasteiger partial charge in [-0.1, -0.05) is 39.2 Å². The van der Waals surface area contributed by atoms with Crippen LogP contribution in [0.5, 0.6) is 0 Å². The second-order valence-corrected chi connectivity index (χ2v) is 8.78. The van der Waals surface area contributed by atoms with Gasteiger partial charge in [-0.3, -0.25) is 4.79 Å². The molecule has 0 saturated carbocycles. The van der Waals surface area contributed by atoms with Crippen molar-refractivity contribution >= 4 is 21.9 Å². The van der Waals surface area contributed by atoms with E-state index >= 15 is 0 Å². The molecule has 2 rings (SSSR count). The van der Waals surface area contributed by atoms with Gasteiger partial charge in [0.2, 0.25) is 10.0 Å². The molecular weight excluding hydrogens is 380 g/mol. The molecule has 28 heavy (non-hydrogen) atoms. The van der Waals surface area contributed by atoms with Crippen molar-refractivity contribution < 1.29 is 22.7 Å². The summed E-state index contributed by atoms with van der Waals surface area (Å²) in [7, 11) is -3.66. The third-order valence-electron chi connectivity index (χ3n) is 4.95. The van der Waals surface area contributed by atoms with Gasteiger partial charge in [-0.05, 0) is 31.0 Å². The first-order valence-electron chi connectivity index (χ1n) is 9.95. The van der Waals surface area contributed by atoms with Gasteiger partial charge in [0.25, 0.3) is 5.91 Å². The van der Waals surface area contributed by atoms with Crippen LogP contribution in [0.4, 0.5) is 0 Å². The summed E-state index contributed by atoms with van der Waals surface area (Å²) in [5.74, 6) is -0.904. The van der Waals surface area contributed by atoms with Gasteiger partial charge in [-0.25, -0.2) is 13.2 Å². The number of amides is 1. The minimum absolute atomic E-state index is 0.0424. The van der Waals surface area contributed by atoms with Crippen molar-refractivity contribution in [2.75, 3.05) is 32.8 Å². The van der Waals surface area contributed by atoms with Crippen molar-refractivity contribution in [3.05, 3.63) is 29.8 Å². The predicted molar refractivity (Wildman–Crippen MR) is 106 cm³/mol. The molecule has 0 radical (unpaired) electrons. The maximum atomic E-state index is 12.6. The van der Waals surface area contributed by atoms with Gasteiger partial charge in [0.1, 0.15) is 0 Å². The Bertz CT molecular complexity index is 767. The Labute approximate surface area is 167 Å². The molecule has 1 fully saturated rings. The molecule has 1 heterocycles. The SMILES string of the molecule is CCN(CC)S(=O)(=O)c1cccc(C(=O)OCC(=O)N2CCCCCCC2)c1. The van der Waals surface area contributed by atoms with Crippen LogP contribution < -0.4 is 0 Å². The number of rotatable bonds is 7. The van der Waals surface area contributed by atoms with Crippen LogP contribution in [0, 0.1) is 0 Å². The van der Waals surface area contributed by atoms with E-state index in [0.29, 0.717) is 26.2 Å². The number of esters is 1. The minimum atomic E-state index is -3.66. The van der Waals surface area contributed by atoms with E-state index in [9.17, 15) is 18.0 Å². The van der Waals surface area contributed by atoms with E-state index in [0.717, 1.165) is 25.7 Å². The van der Waals surface area contributed by atoms with Gasteiger partial charge in [-0.2, -0.15) is 4.31 Å². The Kier molecular flexibility index (Phi) is 8.44. The van der Waals surface area contributed by atoms with Crippen molar-refractivity contribution in [1.82, 2.24) is 9.21 Å². The molecule has 8 heteroatoms. The summed E-state index contributed by atoms with van der Waals surface area (Å²) in [5, 5.41) is 0. The molecule has 1 aromatic rings. The van der Waals surface area contributed by atoms with Gasteiger partial charge in [0.05, 0.1) is 10.5 Å². The molecule has 7 nitrogen and oxygen atoms in total. The number of hydrogen-bond acceptors (Lipinski definition) is 5. The smallest absolute Gasteiger partial charge is 0.338 e. The summed E-state index contributed by atoms with van der Waals surface area (Å²) >= 11 is 0. The van der Waals surface area contributed by atoms with Crippen LogP contribution in [-0.4, -0.2) is 62.3 Å². The number of benzene rings is 1. The van der Waals surface area contributed by atoms with Crippen molar-refractivity contribution in [2.24, 2.45) is 0 Å². The topological polar surface area (TPSA) is 84.0 Å². The number of ether oxygens (including phenoxy) is 1. The van der Waals surface area contributed by atoms with Crippen LogP contribution in [0.1, 0.15) is 56.3 Å². The van der Waals surface area contributed by atoms with E-state index in [1.54, 1.807) is 18.7 Å². The van der Waals surface area contributed by atoms with E-state index in [-0.39, 0.29) is 23.0 Å². The van der Waals surface area contributed by atoms with Crippen molar-refractivity contribution in [1.29, 1.82) is 0 Å². The van der Waals surface area contributed by atoms with Crippen LogP contribution in [0.25, 0.3) is 0 Å². The van der Waals surface area contributed by atoms with E-state index in [2.05, 4.69) is 0 Å². The van der Waals surface area contributed by atoms with Crippen molar-refractivity contribution in [3.63, 3.8) is 0 Å². The lowest BCUT2D eigenvalue weighted by Crippen LogP contribution is -2.37. The number of hydrogen-bond donors (Lipinski definition) is 0. The Balaban J connectivity index is 2.01. The minimum Gasteiger partial charge on any atom is -0.452 e. The third-order valence-corrected chi connectivity index (χ3v) is 6.99. The third kappa shape index (κ3) is 5.78. The molecule has 1 amide bonds. The highest BCUT2D eigenvalue weighted by Gasteiger charge is 2.23. The fourth-order valence-electron chi connectivity index (χ4n) is 3.29. The van der Waals surface area contributed by atoms with Crippen LogP contribution in [0.2, 0.25) is 0 Å². The van der Waals surface area contributed by atoms with Gasteiger partial charge >= 0.3 is 5.97 Å². The molecule has 0 spiro atoms. The zero-order chi connectivity index (χ0) is 20.6. The fraction of sp³-hybridized carbons (Fsp3) is 0.600. The predicted octanol–water partition coefficient (Wildman–Crippen LogP) is 2.67. The fourth-order valence-corrected chi connectivity index (χ4v) is 4.80. The first kappa shape index (κ1) is 22.4. The first-order chi connectivity index (χ1) is 13.4. The molecule has 0 aromatic heterocycles. The lowest BCUT2D eigenvalue weighted by atomic mass is 10.1. The number of nitrogens with zero attached hydrogens (tertiary/aromatic N) is 2. The molecule has 1 aliphatic heterocycles. The van der Waals surface area contributed by atoms with Crippen LogP contribution in [0.15, 0.2) is 29.2 Å². The summed E-state index contributed by atoms with van der Waals surface area (Å²) in [4.78, 5) is 26.5. The summed E-state index contributed by atoms with van der Waals surface area (Å²) in [5.41, 5.74) is 0.119. The lowest BCUT2D eigenvalue weighted by Gasteiger charge is -2.24. The molecule has 0 atom stereocenters.